The first kappa shape index (κ1) is 46.9. The molecule has 9 rings (SSSR count). The van der Waals surface area contributed by atoms with Crippen molar-refractivity contribution in [1.82, 2.24) is 44.5 Å². The molecule has 0 amide bonds. The third-order valence-electron chi connectivity index (χ3n) is 10.9. The van der Waals surface area contributed by atoms with Crippen molar-refractivity contribution >= 4 is 75.2 Å². The first-order valence-corrected chi connectivity index (χ1v) is 22.0. The lowest BCUT2D eigenvalue weighted by molar-refractivity contribution is 0.430. The van der Waals surface area contributed by atoms with Crippen LogP contribution in [-0.4, -0.2) is 49.6 Å². The minimum Gasteiger partial charge on any atom is -0.479 e. The molecule has 0 unspecified atom stereocenters. The van der Waals surface area contributed by atoms with Gasteiger partial charge in [0.1, 0.15) is 46.3 Å². The van der Waals surface area contributed by atoms with Crippen LogP contribution in [0.1, 0.15) is 38.9 Å². The smallest absolute Gasteiger partial charge is 0.320 e. The third-order valence-corrected chi connectivity index (χ3v) is 10.9. The Morgan fingerprint density at radius 1 is 0.521 bits per heavy atom. The van der Waals surface area contributed by atoms with E-state index in [0.29, 0.717) is 28.2 Å². The summed E-state index contributed by atoms with van der Waals surface area (Å²) in [6.45, 7) is 15.0. The van der Waals surface area contributed by atoms with Gasteiger partial charge in [0.05, 0.1) is 24.1 Å². The number of azo groups is 2. The molecule has 0 saturated carbocycles. The van der Waals surface area contributed by atoms with E-state index in [9.17, 15) is 20.9 Å². The molecule has 0 radical (unpaired) electrons. The van der Waals surface area contributed by atoms with Gasteiger partial charge in [-0.2, -0.15) is 35.8 Å². The Hall–Kier alpha value is -11.2. The van der Waals surface area contributed by atoms with Gasteiger partial charge in [0.25, 0.3) is 5.69 Å². The number of aromatic hydroxyl groups is 1. The number of nitrogens with one attached hydrogen (secondary N) is 4. The van der Waals surface area contributed by atoms with E-state index in [2.05, 4.69) is 89.9 Å². The van der Waals surface area contributed by atoms with Crippen LogP contribution in [0.2, 0.25) is 0 Å². The van der Waals surface area contributed by atoms with Gasteiger partial charge in [-0.15, -0.1) is 25.6 Å². The van der Waals surface area contributed by atoms with Crippen molar-refractivity contribution in [1.29, 1.82) is 15.8 Å². The third kappa shape index (κ3) is 10.3. The predicted molar refractivity (Wildman–Crippen MR) is 271 cm³/mol. The van der Waals surface area contributed by atoms with Gasteiger partial charge < -0.3 is 26.4 Å². The molecule has 352 valence electrons. The number of rotatable bonds is 14. The number of anilines is 8. The average Bonchev–Trinajstić information content (AvgIpc) is 4.01. The van der Waals surface area contributed by atoms with Gasteiger partial charge in [0.15, 0.2) is 23.3 Å². The summed E-state index contributed by atoms with van der Waals surface area (Å²) in [4.78, 5) is 25.6. The number of aryl methyl sites for hydroxylation is 2. The average molecular weight is 960 g/mol. The molecule has 4 aromatic carbocycles. The Labute approximate surface area is 416 Å². The molecule has 5 aromatic heterocycles. The maximum atomic E-state index is 10.9. The van der Waals surface area contributed by atoms with Crippen LogP contribution in [0.15, 0.2) is 142 Å². The van der Waals surface area contributed by atoms with Crippen LogP contribution in [0.3, 0.4) is 0 Å². The minimum atomic E-state index is -0.731. The number of nitriles is 3. The second kappa shape index (κ2) is 20.6. The van der Waals surface area contributed by atoms with Crippen LogP contribution in [0, 0.1) is 68.3 Å². The first-order chi connectivity index (χ1) is 35.5. The number of aromatic nitrogens is 9. The number of benzene rings is 4. The van der Waals surface area contributed by atoms with E-state index < -0.39 is 6.01 Å². The molecular formula is C51H37N21O. The second-order valence-corrected chi connectivity index (χ2v) is 15.9. The van der Waals surface area contributed by atoms with Gasteiger partial charge in [-0.05, 0) is 76.2 Å². The maximum Gasteiger partial charge on any atom is 0.320 e. The maximum absolute atomic E-state index is 10.9. The monoisotopic (exact) mass is 959 g/mol. The highest BCUT2D eigenvalue weighted by Gasteiger charge is 2.23. The van der Waals surface area contributed by atoms with Crippen molar-refractivity contribution in [3.8, 4) is 35.6 Å². The molecule has 0 bridgehead atoms. The largest absolute Gasteiger partial charge is 0.479 e. The predicted octanol–water partition coefficient (Wildman–Crippen LogP) is 11.9. The zero-order chi connectivity index (χ0) is 51.0. The number of nitrogens with zero attached hydrogens (tertiary/aromatic N) is 17. The molecule has 0 fully saturated rings. The van der Waals surface area contributed by atoms with Gasteiger partial charge in [-0.25, -0.2) is 19.5 Å². The van der Waals surface area contributed by atoms with E-state index in [0.717, 1.165) is 16.8 Å². The van der Waals surface area contributed by atoms with E-state index in [1.807, 2.05) is 98.8 Å². The summed E-state index contributed by atoms with van der Waals surface area (Å²) in [5.41, 5.74) is 6.15. The Balaban J connectivity index is 1.06. The molecule has 0 aliphatic heterocycles. The molecule has 9 aromatic rings. The fraction of sp³-hybridized carbons (Fsp3) is 0.0784. The van der Waals surface area contributed by atoms with Crippen molar-refractivity contribution in [3.05, 3.63) is 172 Å². The van der Waals surface area contributed by atoms with Gasteiger partial charge in [-0.3, -0.25) is 4.68 Å². The Kier molecular flexibility index (Phi) is 13.2. The minimum absolute atomic E-state index is 0.0172. The molecule has 5 heterocycles. The van der Waals surface area contributed by atoms with Crippen molar-refractivity contribution in [2.24, 2.45) is 20.5 Å². The van der Waals surface area contributed by atoms with E-state index in [-0.39, 0.29) is 80.6 Å². The van der Waals surface area contributed by atoms with Crippen molar-refractivity contribution in [2.75, 3.05) is 21.3 Å². The van der Waals surface area contributed by atoms with E-state index >= 15 is 0 Å². The molecule has 73 heavy (non-hydrogen) atoms. The normalized spacial score (nSPS) is 10.9. The lowest BCUT2D eigenvalue weighted by Gasteiger charge is -2.16. The molecular weight excluding hydrogens is 923 g/mol. The summed E-state index contributed by atoms with van der Waals surface area (Å²) in [5, 5.41) is 81.0. The quantitative estimate of drug-likeness (QED) is 0.0500. The zero-order valence-corrected chi connectivity index (χ0v) is 39.1. The van der Waals surface area contributed by atoms with Crippen LogP contribution in [0.5, 0.6) is 6.01 Å². The van der Waals surface area contributed by atoms with Crippen LogP contribution in [0.4, 0.5) is 75.2 Å². The highest BCUT2D eigenvalue weighted by Crippen LogP contribution is 2.40. The number of pyridine rings is 2. The van der Waals surface area contributed by atoms with E-state index in [1.165, 1.54) is 9.36 Å². The fourth-order valence-electron chi connectivity index (χ4n) is 7.14. The van der Waals surface area contributed by atoms with Gasteiger partial charge in [0.2, 0.25) is 23.5 Å². The van der Waals surface area contributed by atoms with Gasteiger partial charge in [0, 0.05) is 28.7 Å². The fourth-order valence-corrected chi connectivity index (χ4v) is 7.14. The van der Waals surface area contributed by atoms with Crippen molar-refractivity contribution in [3.63, 3.8) is 0 Å². The van der Waals surface area contributed by atoms with Crippen LogP contribution >= 0.6 is 0 Å². The Morgan fingerprint density at radius 3 is 1.42 bits per heavy atom. The molecule has 0 atom stereocenters. The van der Waals surface area contributed by atoms with Crippen molar-refractivity contribution in [2.45, 2.75) is 27.7 Å². The number of hydrogen-bond acceptors (Lipinski definition) is 19. The lowest BCUT2D eigenvalue weighted by Crippen LogP contribution is -2.09. The van der Waals surface area contributed by atoms with Crippen LogP contribution in [-0.2, 0) is 0 Å². The summed E-state index contributed by atoms with van der Waals surface area (Å²) >= 11 is 0. The highest BCUT2D eigenvalue weighted by atomic mass is 16.3. The van der Waals surface area contributed by atoms with Crippen LogP contribution in [0.25, 0.3) is 16.2 Å². The summed E-state index contributed by atoms with van der Waals surface area (Å²) in [7, 11) is 0. The molecule has 0 spiro atoms. The highest BCUT2D eigenvalue weighted by molar-refractivity contribution is 5.80. The number of hydrogen-bond donors (Lipinski definition) is 5. The lowest BCUT2D eigenvalue weighted by atomic mass is 10.1. The molecule has 0 aliphatic rings. The molecule has 0 aliphatic carbocycles. The standard InChI is InChI=1S/C51H37N21O/c1-29-16-20-36(21-17-29)71-27-33(24-52)43(69-71)67-65-41-31(3)38(25-53)44(58-47(41)56-34-12-8-6-9-13-34)60-49-62-50(64-51(73)63-49)61-45-39(26-54)32(4)42(48(59-45)57-35-14-10-7-11-15-35)66-68-46-40(55-5)28-72(70-46)37-22-18-30(2)19-23-37/h6-23,27-28H,1-4H3,(H5,56,57,58,59,60,61,62,63,64,73)/b67-65+,68-66+. The zero-order valence-electron chi connectivity index (χ0n) is 39.1. The SMILES string of the molecule is [C-]#[N+]c1cn(-c2ccc(C)cc2)nc1/N=N/c1c(Nc2ccccc2)nc(Nc2nc(O)nc(Nc3nc(Nc4ccccc4)c(/N=N/c4nn(-c5ccc(C)cc5)cc4C#N)c(C)c3C#N)n2)c(C#N)c1C. The van der Waals surface area contributed by atoms with Crippen LogP contribution < -0.4 is 21.3 Å². The second-order valence-electron chi connectivity index (χ2n) is 15.9. The summed E-state index contributed by atoms with van der Waals surface area (Å²) in [5.74, 6) is -0.158. The molecule has 0 saturated heterocycles. The number of para-hydroxylation sites is 2. The molecule has 5 N–H and O–H groups in total. The molecule has 22 heteroatoms. The topological polar surface area (TPSA) is 294 Å². The summed E-state index contributed by atoms with van der Waals surface area (Å²) in [6.07, 6.45) is 3.11. The van der Waals surface area contributed by atoms with E-state index in [1.54, 1.807) is 50.5 Å². The summed E-state index contributed by atoms with van der Waals surface area (Å²) in [6, 6.07) is 39.1. The summed E-state index contributed by atoms with van der Waals surface area (Å²) < 4.78 is 3.07. The van der Waals surface area contributed by atoms with Gasteiger partial charge >= 0.3 is 6.01 Å². The first-order valence-electron chi connectivity index (χ1n) is 22.0. The van der Waals surface area contributed by atoms with Crippen molar-refractivity contribution < 1.29 is 5.11 Å². The Bertz CT molecular complexity index is 3540. The molecule has 22 nitrogen and oxygen atoms in total. The van der Waals surface area contributed by atoms with E-state index in [4.69, 9.17) is 16.5 Å². The van der Waals surface area contributed by atoms with Gasteiger partial charge in [-0.1, -0.05) is 71.8 Å². The Morgan fingerprint density at radius 2 is 0.973 bits per heavy atom.